The van der Waals surface area contributed by atoms with Crippen LogP contribution in [0.15, 0.2) is 0 Å². The molecule has 0 aromatic carbocycles. The Balaban J connectivity index is 3.02. The third kappa shape index (κ3) is 12.0. The molecule has 0 radical (unpaired) electrons. The molecule has 1 atom stereocenters. The Bertz CT molecular complexity index is 172. The summed E-state index contributed by atoms with van der Waals surface area (Å²) >= 11 is 5.30. The van der Waals surface area contributed by atoms with Gasteiger partial charge in [-0.25, -0.2) is 0 Å². The van der Waals surface area contributed by atoms with E-state index in [0.29, 0.717) is 13.2 Å². The van der Waals surface area contributed by atoms with E-state index in [1.54, 1.807) is 0 Å². The number of carbonyl (C=O) groups is 1. The monoisotopic (exact) mass is 256 g/mol. The fourth-order valence-electron chi connectivity index (χ4n) is 1.01. The summed E-state index contributed by atoms with van der Waals surface area (Å²) < 4.78 is 4.81. The molecule has 0 saturated carbocycles. The largest absolute Gasteiger partial charge is 0.355 e. The smallest absolute Gasteiger partial charge is 0.250 e. The zero-order valence-corrected chi connectivity index (χ0v) is 10.3. The Kier molecular flexibility index (Phi) is 10.6. The molecule has 0 spiro atoms. The summed E-state index contributed by atoms with van der Waals surface area (Å²) in [6, 6.07) is 0. The van der Waals surface area contributed by atoms with Gasteiger partial charge in [0.25, 0.3) is 0 Å². The van der Waals surface area contributed by atoms with Gasteiger partial charge in [-0.2, -0.15) is 0 Å². The van der Waals surface area contributed by atoms with Crippen LogP contribution in [0.5, 0.6) is 0 Å². The molecular weight excluding hydrogens is 239 g/mol. The highest BCUT2D eigenvalue weighted by Gasteiger charge is 1.98. The second-order valence-corrected chi connectivity index (χ2v) is 4.16. The van der Waals surface area contributed by atoms with Crippen LogP contribution in [0.25, 0.3) is 0 Å². The highest BCUT2D eigenvalue weighted by Crippen LogP contribution is 2.19. The maximum absolute atomic E-state index is 10.7. The van der Waals surface area contributed by atoms with Crippen LogP contribution >= 0.6 is 20.1 Å². The van der Waals surface area contributed by atoms with Crippen LogP contribution in [0.2, 0.25) is 0 Å². The van der Waals surface area contributed by atoms with Gasteiger partial charge in [0.15, 0.2) is 0 Å². The van der Waals surface area contributed by atoms with Gasteiger partial charge >= 0.3 is 0 Å². The van der Waals surface area contributed by atoms with Crippen LogP contribution < -0.4 is 10.8 Å². The van der Waals surface area contributed by atoms with Crippen molar-refractivity contribution in [3.8, 4) is 0 Å². The standard InChI is InChI=1S/C8H18ClN2O3P/c9-7-8(12)11-5-3-1-2-4-6-14-15(10)13/h13H,1-7,10H2,(H,11,12). The summed E-state index contributed by atoms with van der Waals surface area (Å²) in [4.78, 5) is 19.4. The first-order chi connectivity index (χ1) is 7.16. The molecule has 0 aromatic heterocycles. The van der Waals surface area contributed by atoms with E-state index in [1.807, 2.05) is 0 Å². The summed E-state index contributed by atoms with van der Waals surface area (Å²) in [5.74, 6) is -0.112. The maximum Gasteiger partial charge on any atom is 0.250 e. The topological polar surface area (TPSA) is 84.6 Å². The quantitative estimate of drug-likeness (QED) is 0.328. The Morgan fingerprint density at radius 1 is 1.40 bits per heavy atom. The van der Waals surface area contributed by atoms with Gasteiger partial charge in [0.2, 0.25) is 14.4 Å². The van der Waals surface area contributed by atoms with E-state index in [-0.39, 0.29) is 11.8 Å². The molecule has 0 bridgehead atoms. The SMILES string of the molecule is NP(O)OCCCCCCNC(=O)CCl. The van der Waals surface area contributed by atoms with Crippen LogP contribution in [0, 0.1) is 0 Å². The number of amides is 1. The fraction of sp³-hybridized carbons (Fsp3) is 0.875. The average molecular weight is 257 g/mol. The zero-order valence-electron chi connectivity index (χ0n) is 8.62. The van der Waals surface area contributed by atoms with E-state index in [4.69, 9.17) is 26.5 Å². The summed E-state index contributed by atoms with van der Waals surface area (Å²) in [5.41, 5.74) is 5.04. The van der Waals surface area contributed by atoms with Crippen molar-refractivity contribution in [2.45, 2.75) is 25.7 Å². The van der Waals surface area contributed by atoms with Crippen LogP contribution in [0.1, 0.15) is 25.7 Å². The lowest BCUT2D eigenvalue weighted by molar-refractivity contribution is -0.118. The number of nitrogens with two attached hydrogens (primary N) is 1. The van der Waals surface area contributed by atoms with Crippen molar-refractivity contribution < 1.29 is 14.2 Å². The molecule has 0 aromatic rings. The Hall–Kier alpha value is 0.0700. The first kappa shape index (κ1) is 15.1. The minimum absolute atomic E-state index is 0.0182. The number of alkyl halides is 1. The molecule has 0 heterocycles. The fourth-order valence-corrected chi connectivity index (χ4v) is 1.42. The van der Waals surface area contributed by atoms with Gasteiger partial charge in [-0.3, -0.25) is 10.3 Å². The molecule has 15 heavy (non-hydrogen) atoms. The van der Waals surface area contributed by atoms with Crippen molar-refractivity contribution in [3.05, 3.63) is 0 Å². The van der Waals surface area contributed by atoms with Crippen molar-refractivity contribution in [2.24, 2.45) is 5.50 Å². The number of hydrogen-bond donors (Lipinski definition) is 3. The minimum Gasteiger partial charge on any atom is -0.355 e. The van der Waals surface area contributed by atoms with E-state index in [0.717, 1.165) is 25.7 Å². The normalized spacial score (nSPS) is 12.5. The number of unbranched alkanes of at least 4 members (excludes halogenated alkanes) is 3. The van der Waals surface area contributed by atoms with Crippen molar-refractivity contribution in [2.75, 3.05) is 19.0 Å². The third-order valence-electron chi connectivity index (χ3n) is 1.74. The van der Waals surface area contributed by atoms with Gasteiger partial charge in [-0.15, -0.1) is 11.6 Å². The second kappa shape index (κ2) is 10.6. The molecule has 0 rings (SSSR count). The van der Waals surface area contributed by atoms with Gasteiger partial charge in [0.05, 0.1) is 6.61 Å². The highest BCUT2D eigenvalue weighted by molar-refractivity contribution is 7.43. The number of nitrogens with one attached hydrogen (secondary N) is 1. The van der Waals surface area contributed by atoms with Gasteiger partial charge in [0, 0.05) is 6.54 Å². The predicted molar refractivity (Wildman–Crippen MR) is 61.5 cm³/mol. The summed E-state index contributed by atoms with van der Waals surface area (Å²) in [7, 11) is -1.71. The number of carbonyl (C=O) groups excluding carboxylic acids is 1. The van der Waals surface area contributed by atoms with Crippen molar-refractivity contribution in [1.82, 2.24) is 5.32 Å². The number of rotatable bonds is 9. The lowest BCUT2D eigenvalue weighted by Crippen LogP contribution is -2.25. The third-order valence-corrected chi connectivity index (χ3v) is 2.43. The Labute approximate surface area is 96.3 Å². The lowest BCUT2D eigenvalue weighted by Gasteiger charge is -2.05. The molecule has 0 aliphatic rings. The second-order valence-electron chi connectivity index (χ2n) is 3.03. The number of halogens is 1. The molecule has 1 amide bonds. The van der Waals surface area contributed by atoms with E-state index in [9.17, 15) is 4.79 Å². The Morgan fingerprint density at radius 2 is 2.07 bits per heavy atom. The first-order valence-electron chi connectivity index (χ1n) is 4.86. The van der Waals surface area contributed by atoms with Crippen LogP contribution in [0.4, 0.5) is 0 Å². The van der Waals surface area contributed by atoms with E-state index < -0.39 is 8.53 Å². The molecule has 0 saturated heterocycles. The highest BCUT2D eigenvalue weighted by atomic mass is 35.5. The summed E-state index contributed by atoms with van der Waals surface area (Å²) in [5, 5.41) is 2.68. The van der Waals surface area contributed by atoms with Crippen LogP contribution in [0.3, 0.4) is 0 Å². The minimum atomic E-state index is -1.71. The van der Waals surface area contributed by atoms with Gasteiger partial charge < -0.3 is 14.7 Å². The van der Waals surface area contributed by atoms with Crippen LogP contribution in [-0.2, 0) is 9.32 Å². The van der Waals surface area contributed by atoms with Crippen molar-refractivity contribution in [3.63, 3.8) is 0 Å². The van der Waals surface area contributed by atoms with Crippen molar-refractivity contribution in [1.29, 1.82) is 0 Å². The predicted octanol–water partition coefficient (Wildman–Crippen LogP) is 1.10. The van der Waals surface area contributed by atoms with E-state index >= 15 is 0 Å². The van der Waals surface area contributed by atoms with E-state index in [2.05, 4.69) is 5.32 Å². The van der Waals surface area contributed by atoms with Crippen molar-refractivity contribution >= 4 is 26.0 Å². The molecule has 0 fully saturated rings. The number of hydrogen-bond acceptors (Lipinski definition) is 4. The summed E-state index contributed by atoms with van der Waals surface area (Å²) in [6.45, 7) is 1.16. The summed E-state index contributed by atoms with van der Waals surface area (Å²) in [6.07, 6.45) is 3.82. The molecule has 4 N–H and O–H groups in total. The average Bonchev–Trinajstić information content (AvgIpc) is 2.21. The first-order valence-corrected chi connectivity index (χ1v) is 6.67. The molecule has 5 nitrogen and oxygen atoms in total. The zero-order chi connectivity index (χ0) is 11.5. The Morgan fingerprint density at radius 3 is 2.67 bits per heavy atom. The molecule has 1 unspecified atom stereocenters. The van der Waals surface area contributed by atoms with Crippen LogP contribution in [-0.4, -0.2) is 29.8 Å². The molecular formula is C8H18ClN2O3P. The molecule has 90 valence electrons. The van der Waals surface area contributed by atoms with Gasteiger partial charge in [0.1, 0.15) is 5.88 Å². The molecule has 0 aliphatic heterocycles. The molecule has 0 aliphatic carbocycles. The van der Waals surface area contributed by atoms with E-state index in [1.165, 1.54) is 0 Å². The van der Waals surface area contributed by atoms with Gasteiger partial charge in [-0.05, 0) is 12.8 Å². The van der Waals surface area contributed by atoms with Gasteiger partial charge in [-0.1, -0.05) is 12.8 Å². The molecule has 7 heteroatoms. The maximum atomic E-state index is 10.7. The lowest BCUT2D eigenvalue weighted by atomic mass is 10.2.